The van der Waals surface area contributed by atoms with Gasteiger partial charge in [0, 0.05) is 12.6 Å². The maximum atomic E-state index is 13.4. The van der Waals surface area contributed by atoms with Crippen molar-refractivity contribution in [3.63, 3.8) is 0 Å². The van der Waals surface area contributed by atoms with E-state index in [1.165, 1.54) is 16.4 Å². The van der Waals surface area contributed by atoms with Crippen molar-refractivity contribution in [2.24, 2.45) is 5.92 Å². The number of aryl methyl sites for hydroxylation is 2. The molecule has 0 bridgehead atoms. The first-order valence-corrected chi connectivity index (χ1v) is 8.30. The van der Waals surface area contributed by atoms with Crippen LogP contribution in [0.25, 0.3) is 0 Å². The Morgan fingerprint density at radius 2 is 1.55 bits per heavy atom. The lowest BCUT2D eigenvalue weighted by atomic mass is 10.1. The summed E-state index contributed by atoms with van der Waals surface area (Å²) in [5.41, 5.74) is 0.911. The summed E-state index contributed by atoms with van der Waals surface area (Å²) in [5, 5.41) is 0. The molecular weight excluding hydrogens is 277 g/mol. The zero-order chi connectivity index (χ0) is 15.7. The van der Waals surface area contributed by atoms with Crippen molar-refractivity contribution in [2.45, 2.75) is 52.5 Å². The summed E-state index contributed by atoms with van der Waals surface area (Å²) in [4.78, 5) is 0.230. The van der Waals surface area contributed by atoms with Gasteiger partial charge in [-0.3, -0.25) is 0 Å². The number of nitrogens with zero attached hydrogens (tertiary/aromatic N) is 1. The van der Waals surface area contributed by atoms with Crippen LogP contribution in [0, 0.1) is 25.6 Å². The molecule has 1 rings (SSSR count). The van der Waals surface area contributed by atoms with Gasteiger partial charge in [0.05, 0.1) is 4.90 Å². The molecule has 0 fully saturated rings. The molecule has 5 heteroatoms. The van der Waals surface area contributed by atoms with Gasteiger partial charge in [0.15, 0.2) is 0 Å². The fourth-order valence-electron chi connectivity index (χ4n) is 2.37. The van der Waals surface area contributed by atoms with Crippen LogP contribution in [0.4, 0.5) is 4.39 Å². The third kappa shape index (κ3) is 3.58. The van der Waals surface area contributed by atoms with Crippen LogP contribution in [0.2, 0.25) is 0 Å². The summed E-state index contributed by atoms with van der Waals surface area (Å²) in [6.45, 7) is 11.4. The largest absolute Gasteiger partial charge is 0.243 e. The highest BCUT2D eigenvalue weighted by atomic mass is 32.2. The Morgan fingerprint density at radius 3 is 1.90 bits per heavy atom. The molecule has 0 saturated carbocycles. The molecule has 0 aliphatic rings. The lowest BCUT2D eigenvalue weighted by Crippen LogP contribution is -2.40. The van der Waals surface area contributed by atoms with Crippen LogP contribution in [0.1, 0.15) is 38.8 Å². The predicted octanol–water partition coefficient (Wildman–Crippen LogP) is 3.50. The second kappa shape index (κ2) is 6.22. The van der Waals surface area contributed by atoms with Crippen molar-refractivity contribution >= 4 is 10.0 Å². The molecule has 3 nitrogen and oxygen atoms in total. The summed E-state index contributed by atoms with van der Waals surface area (Å²) < 4.78 is 40.6. The van der Waals surface area contributed by atoms with E-state index in [-0.39, 0.29) is 16.9 Å². The molecule has 0 aliphatic heterocycles. The minimum Gasteiger partial charge on any atom is -0.207 e. The maximum Gasteiger partial charge on any atom is 0.243 e. The van der Waals surface area contributed by atoms with E-state index in [1.54, 1.807) is 13.8 Å². The van der Waals surface area contributed by atoms with Crippen LogP contribution in [-0.2, 0) is 10.0 Å². The molecule has 0 N–H and O–H groups in total. The molecule has 0 spiro atoms. The smallest absolute Gasteiger partial charge is 0.207 e. The van der Waals surface area contributed by atoms with Gasteiger partial charge in [-0.2, -0.15) is 4.31 Å². The van der Waals surface area contributed by atoms with E-state index in [1.807, 2.05) is 27.7 Å². The zero-order valence-electron chi connectivity index (χ0n) is 13.1. The first-order valence-electron chi connectivity index (χ1n) is 6.86. The Kier molecular flexibility index (Phi) is 5.33. The minimum atomic E-state index is -3.61. The lowest BCUT2D eigenvalue weighted by Gasteiger charge is -2.29. The summed E-state index contributed by atoms with van der Waals surface area (Å²) in [5.74, 6) is -0.174. The van der Waals surface area contributed by atoms with Gasteiger partial charge in [0.25, 0.3) is 0 Å². The highest BCUT2D eigenvalue weighted by Crippen LogP contribution is 2.26. The molecule has 0 aliphatic carbocycles. The van der Waals surface area contributed by atoms with Crippen LogP contribution >= 0.6 is 0 Å². The Hall–Kier alpha value is -0.940. The molecule has 1 aromatic rings. The lowest BCUT2D eigenvalue weighted by molar-refractivity contribution is 0.318. The Balaban J connectivity index is 3.41. The van der Waals surface area contributed by atoms with Crippen molar-refractivity contribution < 1.29 is 12.8 Å². The van der Waals surface area contributed by atoms with Gasteiger partial charge in [-0.1, -0.05) is 13.8 Å². The normalized spacial score (nSPS) is 12.7. The highest BCUT2D eigenvalue weighted by Gasteiger charge is 2.30. The van der Waals surface area contributed by atoms with Gasteiger partial charge >= 0.3 is 0 Å². The molecule has 0 saturated heterocycles. The predicted molar refractivity (Wildman–Crippen MR) is 79.7 cm³/mol. The SMILES string of the molecule is Cc1cc(F)cc(C)c1S(=O)(=O)N(CC(C)C)C(C)C. The van der Waals surface area contributed by atoms with Crippen molar-refractivity contribution in [1.82, 2.24) is 4.31 Å². The van der Waals surface area contributed by atoms with Crippen molar-refractivity contribution in [3.8, 4) is 0 Å². The quantitative estimate of drug-likeness (QED) is 0.834. The molecule has 0 amide bonds. The minimum absolute atomic E-state index is 0.133. The van der Waals surface area contributed by atoms with E-state index in [0.29, 0.717) is 17.7 Å². The Morgan fingerprint density at radius 1 is 1.10 bits per heavy atom. The van der Waals surface area contributed by atoms with Gasteiger partial charge < -0.3 is 0 Å². The summed E-state index contributed by atoms with van der Waals surface area (Å²) in [6, 6.07) is 2.41. The average Bonchev–Trinajstić information content (AvgIpc) is 2.22. The topological polar surface area (TPSA) is 37.4 Å². The molecule has 0 aromatic heterocycles. The van der Waals surface area contributed by atoms with E-state index in [9.17, 15) is 12.8 Å². The molecule has 0 heterocycles. The number of rotatable bonds is 5. The number of sulfonamides is 1. The van der Waals surface area contributed by atoms with Crippen molar-refractivity contribution in [2.75, 3.05) is 6.54 Å². The Bertz CT molecular complexity index is 557. The number of halogens is 1. The third-order valence-corrected chi connectivity index (χ3v) is 5.46. The van der Waals surface area contributed by atoms with Crippen LogP contribution in [0.5, 0.6) is 0 Å². The second-order valence-electron chi connectivity index (χ2n) is 5.93. The first kappa shape index (κ1) is 17.1. The molecular formula is C15H24FNO2S. The maximum absolute atomic E-state index is 13.4. The average molecular weight is 301 g/mol. The third-order valence-electron chi connectivity index (χ3n) is 3.11. The van der Waals surface area contributed by atoms with Gasteiger partial charge in [0.2, 0.25) is 10.0 Å². The Labute approximate surface area is 121 Å². The van der Waals surface area contributed by atoms with Crippen LogP contribution in [0.15, 0.2) is 17.0 Å². The van der Waals surface area contributed by atoms with E-state index < -0.39 is 15.8 Å². The molecule has 1 aromatic carbocycles. The standard InChI is InChI=1S/C15H24FNO2S/c1-10(2)9-17(11(3)4)20(18,19)15-12(5)7-14(16)8-13(15)6/h7-8,10-11H,9H2,1-6H3. The summed E-state index contributed by atoms with van der Waals surface area (Å²) in [6.07, 6.45) is 0. The molecule has 0 atom stereocenters. The van der Waals surface area contributed by atoms with E-state index >= 15 is 0 Å². The monoisotopic (exact) mass is 301 g/mol. The van der Waals surface area contributed by atoms with Crippen LogP contribution < -0.4 is 0 Å². The number of benzene rings is 1. The zero-order valence-corrected chi connectivity index (χ0v) is 13.9. The van der Waals surface area contributed by atoms with Gasteiger partial charge in [-0.15, -0.1) is 0 Å². The van der Waals surface area contributed by atoms with E-state index in [2.05, 4.69) is 0 Å². The van der Waals surface area contributed by atoms with Gasteiger partial charge in [-0.25, -0.2) is 12.8 Å². The number of hydrogen-bond acceptors (Lipinski definition) is 2. The molecule has 0 unspecified atom stereocenters. The van der Waals surface area contributed by atoms with Gasteiger partial charge in [-0.05, 0) is 56.9 Å². The fourth-order valence-corrected chi connectivity index (χ4v) is 4.58. The first-order chi connectivity index (χ1) is 9.07. The van der Waals surface area contributed by atoms with E-state index in [4.69, 9.17) is 0 Å². The van der Waals surface area contributed by atoms with Crippen LogP contribution in [0.3, 0.4) is 0 Å². The number of hydrogen-bond donors (Lipinski definition) is 0. The van der Waals surface area contributed by atoms with Crippen molar-refractivity contribution in [1.29, 1.82) is 0 Å². The summed E-state index contributed by atoms with van der Waals surface area (Å²) in [7, 11) is -3.61. The van der Waals surface area contributed by atoms with Crippen LogP contribution in [-0.4, -0.2) is 25.3 Å². The second-order valence-corrected chi connectivity index (χ2v) is 7.76. The van der Waals surface area contributed by atoms with E-state index in [0.717, 1.165) is 0 Å². The van der Waals surface area contributed by atoms with Gasteiger partial charge in [0.1, 0.15) is 5.82 Å². The highest BCUT2D eigenvalue weighted by molar-refractivity contribution is 7.89. The molecule has 114 valence electrons. The summed E-state index contributed by atoms with van der Waals surface area (Å²) >= 11 is 0. The van der Waals surface area contributed by atoms with Crippen molar-refractivity contribution in [3.05, 3.63) is 29.1 Å². The molecule has 0 radical (unpaired) electrons. The fraction of sp³-hybridized carbons (Fsp3) is 0.600. The molecule has 20 heavy (non-hydrogen) atoms.